The van der Waals surface area contributed by atoms with Crippen molar-refractivity contribution in [2.24, 2.45) is 0 Å². The van der Waals surface area contributed by atoms with E-state index in [4.69, 9.17) is 4.74 Å². The lowest BCUT2D eigenvalue weighted by Crippen LogP contribution is -2.53. The maximum atomic E-state index is 13.4. The zero-order valence-corrected chi connectivity index (χ0v) is 23.7. The number of nitrogens with one attached hydrogen (secondary N) is 1. The Hall–Kier alpha value is -3.07. The van der Waals surface area contributed by atoms with Crippen molar-refractivity contribution in [3.05, 3.63) is 60.2 Å². The average Bonchev–Trinajstić information content (AvgIpc) is 2.81. The third-order valence-electron chi connectivity index (χ3n) is 5.74. The van der Waals surface area contributed by atoms with E-state index in [1.165, 1.54) is 4.31 Å². The number of hydrogen-bond donors (Lipinski definition) is 1. The number of nitrogens with zero attached hydrogens (tertiary/aromatic N) is 2. The van der Waals surface area contributed by atoms with Crippen LogP contribution in [0.25, 0.3) is 0 Å². The highest BCUT2D eigenvalue weighted by Gasteiger charge is 2.28. The molecule has 1 N–H and O–H groups in total. The number of benzene rings is 2. The average molecular weight is 532 g/mol. The number of sulfonamides is 1. The largest absolute Gasteiger partial charge is 0.492 e. The molecule has 0 radical (unpaired) electrons. The summed E-state index contributed by atoms with van der Waals surface area (Å²) in [6, 6.07) is 16.1. The molecule has 0 saturated heterocycles. The number of hydrogen-bond acceptors (Lipinski definition) is 5. The van der Waals surface area contributed by atoms with E-state index in [-0.39, 0.29) is 24.8 Å². The van der Waals surface area contributed by atoms with Crippen LogP contribution in [0, 0.1) is 0 Å². The molecule has 0 aliphatic rings. The lowest BCUT2D eigenvalue weighted by atomic mass is 10.1. The Morgan fingerprint density at radius 3 is 2.22 bits per heavy atom. The van der Waals surface area contributed by atoms with Crippen LogP contribution in [0.5, 0.6) is 5.75 Å². The van der Waals surface area contributed by atoms with Crippen LogP contribution in [0.2, 0.25) is 0 Å². The standard InChI is InChI=1S/C28H41N3O5S/c1-7-36-25-17-12-11-16-24(25)31(37(6,34)35)20-13-18-26(32)30(21-19-23-14-9-8-10-15-23)22(2)27(33)29-28(3,4)5/h8-12,14-17,22H,7,13,18-21H2,1-6H3,(H,29,33)/t22-/m1/s1. The summed E-state index contributed by atoms with van der Waals surface area (Å²) in [6.07, 6.45) is 2.14. The Balaban J connectivity index is 2.17. The lowest BCUT2D eigenvalue weighted by Gasteiger charge is -2.32. The molecule has 0 unspecified atom stereocenters. The quantitative estimate of drug-likeness (QED) is 0.421. The maximum absolute atomic E-state index is 13.4. The van der Waals surface area contributed by atoms with Gasteiger partial charge in [0.25, 0.3) is 0 Å². The van der Waals surface area contributed by atoms with Gasteiger partial charge in [0.1, 0.15) is 11.8 Å². The fraction of sp³-hybridized carbons (Fsp3) is 0.500. The fourth-order valence-electron chi connectivity index (χ4n) is 3.97. The molecule has 0 fully saturated rings. The van der Waals surface area contributed by atoms with Gasteiger partial charge >= 0.3 is 0 Å². The van der Waals surface area contributed by atoms with Gasteiger partial charge in [-0.05, 0) is 65.2 Å². The first-order valence-electron chi connectivity index (χ1n) is 12.7. The van der Waals surface area contributed by atoms with Crippen LogP contribution in [0.15, 0.2) is 54.6 Å². The Morgan fingerprint density at radius 1 is 1.00 bits per heavy atom. The van der Waals surface area contributed by atoms with Gasteiger partial charge in [-0.25, -0.2) is 8.42 Å². The zero-order chi connectivity index (χ0) is 27.6. The molecule has 0 aromatic heterocycles. The first-order chi connectivity index (χ1) is 17.3. The summed E-state index contributed by atoms with van der Waals surface area (Å²) in [5.41, 5.74) is 1.08. The van der Waals surface area contributed by atoms with Crippen LogP contribution in [-0.2, 0) is 26.0 Å². The first kappa shape index (κ1) is 30.2. The Morgan fingerprint density at radius 2 is 1.62 bits per heavy atom. The van der Waals surface area contributed by atoms with E-state index in [1.54, 1.807) is 36.1 Å². The molecule has 1 atom stereocenters. The molecule has 0 heterocycles. The Labute approximate surface area is 222 Å². The van der Waals surface area contributed by atoms with Crippen LogP contribution in [0.1, 0.15) is 53.0 Å². The highest BCUT2D eigenvalue weighted by molar-refractivity contribution is 7.92. The predicted octanol–water partition coefficient (Wildman–Crippen LogP) is 4.01. The highest BCUT2D eigenvalue weighted by atomic mass is 32.2. The molecular formula is C28H41N3O5S. The second-order valence-electron chi connectivity index (χ2n) is 10.1. The Kier molecular flexibility index (Phi) is 11.0. The summed E-state index contributed by atoms with van der Waals surface area (Å²) >= 11 is 0. The SMILES string of the molecule is CCOc1ccccc1N(CCCC(=O)N(CCc1ccccc1)[C@H](C)C(=O)NC(C)(C)C)S(C)(=O)=O. The van der Waals surface area contributed by atoms with E-state index < -0.39 is 21.6 Å². The summed E-state index contributed by atoms with van der Waals surface area (Å²) in [7, 11) is -3.61. The summed E-state index contributed by atoms with van der Waals surface area (Å²) in [5.74, 6) is 0.0510. The van der Waals surface area contributed by atoms with E-state index in [2.05, 4.69) is 5.32 Å². The maximum Gasteiger partial charge on any atom is 0.242 e. The van der Waals surface area contributed by atoms with Crippen molar-refractivity contribution in [3.8, 4) is 5.75 Å². The van der Waals surface area contributed by atoms with Gasteiger partial charge in [-0.3, -0.25) is 13.9 Å². The lowest BCUT2D eigenvalue weighted by molar-refractivity contribution is -0.140. The monoisotopic (exact) mass is 531 g/mol. The van der Waals surface area contributed by atoms with E-state index in [0.717, 1.165) is 11.8 Å². The van der Waals surface area contributed by atoms with Crippen molar-refractivity contribution in [2.45, 2.75) is 65.5 Å². The molecule has 2 rings (SSSR count). The van der Waals surface area contributed by atoms with Gasteiger partial charge in [0.15, 0.2) is 0 Å². The molecular weight excluding hydrogens is 490 g/mol. The van der Waals surface area contributed by atoms with Crippen molar-refractivity contribution < 1.29 is 22.7 Å². The highest BCUT2D eigenvalue weighted by Crippen LogP contribution is 2.30. The van der Waals surface area contributed by atoms with E-state index in [0.29, 0.717) is 37.4 Å². The molecule has 204 valence electrons. The predicted molar refractivity (Wildman–Crippen MR) is 148 cm³/mol. The van der Waals surface area contributed by atoms with Crippen LogP contribution in [0.4, 0.5) is 5.69 Å². The normalized spacial score (nSPS) is 12.5. The van der Waals surface area contributed by atoms with Gasteiger partial charge < -0.3 is 15.0 Å². The van der Waals surface area contributed by atoms with Crippen molar-refractivity contribution >= 4 is 27.5 Å². The van der Waals surface area contributed by atoms with Crippen LogP contribution < -0.4 is 14.4 Å². The summed E-state index contributed by atoms with van der Waals surface area (Å²) < 4.78 is 32.1. The minimum absolute atomic E-state index is 0.102. The number of amides is 2. The van der Waals surface area contributed by atoms with Crippen molar-refractivity contribution in [1.29, 1.82) is 0 Å². The molecule has 0 aliphatic heterocycles. The minimum atomic E-state index is -3.61. The molecule has 2 amide bonds. The topological polar surface area (TPSA) is 96.0 Å². The van der Waals surface area contributed by atoms with Crippen LogP contribution >= 0.6 is 0 Å². The summed E-state index contributed by atoms with van der Waals surface area (Å²) in [5, 5.41) is 2.95. The number of para-hydroxylation sites is 2. The molecule has 0 spiro atoms. The van der Waals surface area contributed by atoms with Crippen molar-refractivity contribution in [1.82, 2.24) is 10.2 Å². The van der Waals surface area contributed by atoms with E-state index >= 15 is 0 Å². The molecule has 37 heavy (non-hydrogen) atoms. The summed E-state index contributed by atoms with van der Waals surface area (Å²) in [6.45, 7) is 10.1. The molecule has 8 nitrogen and oxygen atoms in total. The van der Waals surface area contributed by atoms with Gasteiger partial charge in [0.2, 0.25) is 21.8 Å². The van der Waals surface area contributed by atoms with Gasteiger partial charge in [-0.15, -0.1) is 0 Å². The smallest absolute Gasteiger partial charge is 0.242 e. The molecule has 2 aromatic rings. The second kappa shape index (κ2) is 13.5. The molecule has 2 aromatic carbocycles. The van der Waals surface area contributed by atoms with Gasteiger partial charge in [0.05, 0.1) is 18.6 Å². The minimum Gasteiger partial charge on any atom is -0.492 e. The number of carbonyl (C=O) groups is 2. The Bertz CT molecular complexity index is 1130. The zero-order valence-electron chi connectivity index (χ0n) is 22.9. The third kappa shape index (κ3) is 9.72. The van der Waals surface area contributed by atoms with Gasteiger partial charge in [0, 0.05) is 25.0 Å². The van der Waals surface area contributed by atoms with Crippen molar-refractivity contribution in [2.75, 3.05) is 30.3 Å². The van der Waals surface area contributed by atoms with Crippen LogP contribution in [-0.4, -0.2) is 62.7 Å². The second-order valence-corrected chi connectivity index (χ2v) is 12.0. The van der Waals surface area contributed by atoms with E-state index in [1.807, 2.05) is 58.0 Å². The van der Waals surface area contributed by atoms with Gasteiger partial charge in [-0.2, -0.15) is 0 Å². The molecule has 9 heteroatoms. The summed E-state index contributed by atoms with van der Waals surface area (Å²) in [4.78, 5) is 27.9. The third-order valence-corrected chi connectivity index (χ3v) is 6.92. The molecule has 0 saturated carbocycles. The van der Waals surface area contributed by atoms with Crippen LogP contribution in [0.3, 0.4) is 0 Å². The molecule has 0 aliphatic carbocycles. The number of ether oxygens (including phenoxy) is 1. The fourth-order valence-corrected chi connectivity index (χ4v) is 4.94. The first-order valence-corrected chi connectivity index (χ1v) is 14.5. The number of carbonyl (C=O) groups excluding carboxylic acids is 2. The number of anilines is 1. The van der Waals surface area contributed by atoms with Crippen molar-refractivity contribution in [3.63, 3.8) is 0 Å². The molecule has 0 bridgehead atoms. The van der Waals surface area contributed by atoms with Gasteiger partial charge in [-0.1, -0.05) is 42.5 Å². The number of rotatable bonds is 13. The van der Waals surface area contributed by atoms with E-state index in [9.17, 15) is 18.0 Å².